The second-order valence-electron chi connectivity index (χ2n) is 2.59. The minimum atomic E-state index is -2.36. The minimum Gasteiger partial charge on any atom is -0.364 e. The van der Waals surface area contributed by atoms with Crippen LogP contribution < -0.4 is 5.32 Å². The van der Waals surface area contributed by atoms with Gasteiger partial charge in [-0.3, -0.25) is 0 Å². The number of nitrogens with zero attached hydrogens (tertiary/aromatic N) is 1. The smallest absolute Gasteiger partial charge is 0.255 e. The Kier molecular flexibility index (Phi) is 3.59. The van der Waals surface area contributed by atoms with Crippen molar-refractivity contribution in [2.24, 2.45) is 0 Å². The van der Waals surface area contributed by atoms with Crippen LogP contribution in [0.25, 0.3) is 0 Å². The summed E-state index contributed by atoms with van der Waals surface area (Å²) >= 11 is 3.27. The van der Waals surface area contributed by atoms with E-state index in [1.165, 1.54) is 0 Å². The van der Waals surface area contributed by atoms with Crippen molar-refractivity contribution >= 4 is 21.7 Å². The van der Waals surface area contributed by atoms with E-state index in [1.54, 1.807) is 12.3 Å². The molecule has 0 saturated heterocycles. The molecule has 0 aliphatic heterocycles. The average molecular weight is 251 g/mol. The SMILES string of the molecule is Cc1cc(NCC(F)F)ncc1Br. The summed E-state index contributed by atoms with van der Waals surface area (Å²) in [5.41, 5.74) is 0.965. The Hall–Kier alpha value is -0.710. The van der Waals surface area contributed by atoms with Gasteiger partial charge in [0, 0.05) is 10.7 Å². The van der Waals surface area contributed by atoms with Gasteiger partial charge >= 0.3 is 0 Å². The van der Waals surface area contributed by atoms with E-state index in [9.17, 15) is 8.78 Å². The molecule has 0 atom stereocenters. The lowest BCUT2D eigenvalue weighted by Gasteiger charge is -2.05. The lowest BCUT2D eigenvalue weighted by Crippen LogP contribution is -2.11. The molecule has 2 nitrogen and oxygen atoms in total. The molecule has 0 bridgehead atoms. The van der Waals surface area contributed by atoms with E-state index < -0.39 is 6.43 Å². The highest BCUT2D eigenvalue weighted by molar-refractivity contribution is 9.10. The highest BCUT2D eigenvalue weighted by atomic mass is 79.9. The zero-order valence-electron chi connectivity index (χ0n) is 7.02. The van der Waals surface area contributed by atoms with Crippen molar-refractivity contribution in [2.75, 3.05) is 11.9 Å². The molecule has 0 unspecified atom stereocenters. The zero-order valence-corrected chi connectivity index (χ0v) is 8.61. The molecule has 1 heterocycles. The summed E-state index contributed by atoms with van der Waals surface area (Å²) in [6.07, 6.45) is -0.769. The van der Waals surface area contributed by atoms with Crippen LogP contribution in [0, 0.1) is 6.92 Å². The second-order valence-corrected chi connectivity index (χ2v) is 3.45. The quantitative estimate of drug-likeness (QED) is 0.893. The maximum Gasteiger partial charge on any atom is 0.255 e. The fourth-order valence-electron chi connectivity index (χ4n) is 0.818. The summed E-state index contributed by atoms with van der Waals surface area (Å²) < 4.78 is 24.5. The maximum absolute atomic E-state index is 11.8. The number of anilines is 1. The number of hydrogen-bond donors (Lipinski definition) is 1. The third-order valence-electron chi connectivity index (χ3n) is 1.48. The van der Waals surface area contributed by atoms with Gasteiger partial charge in [0.05, 0.1) is 6.54 Å². The van der Waals surface area contributed by atoms with Crippen molar-refractivity contribution in [1.29, 1.82) is 0 Å². The lowest BCUT2D eigenvalue weighted by molar-refractivity contribution is 0.163. The van der Waals surface area contributed by atoms with Crippen molar-refractivity contribution < 1.29 is 8.78 Å². The standard InChI is InChI=1S/C8H9BrF2N2/c1-5-2-8(12-3-6(5)9)13-4-7(10)11/h2-3,7H,4H2,1H3,(H,12,13). The van der Waals surface area contributed by atoms with Crippen molar-refractivity contribution in [3.05, 3.63) is 22.3 Å². The van der Waals surface area contributed by atoms with Gasteiger partial charge in [0.15, 0.2) is 0 Å². The van der Waals surface area contributed by atoms with Crippen molar-refractivity contribution in [2.45, 2.75) is 13.3 Å². The Balaban J connectivity index is 2.63. The van der Waals surface area contributed by atoms with E-state index >= 15 is 0 Å². The largest absolute Gasteiger partial charge is 0.364 e. The number of rotatable bonds is 3. The van der Waals surface area contributed by atoms with Crippen LogP contribution in [0.1, 0.15) is 5.56 Å². The van der Waals surface area contributed by atoms with E-state index in [4.69, 9.17) is 0 Å². The Labute approximate surface area is 83.5 Å². The molecule has 0 radical (unpaired) electrons. The van der Waals surface area contributed by atoms with E-state index in [2.05, 4.69) is 26.2 Å². The van der Waals surface area contributed by atoms with Gasteiger partial charge in [0.1, 0.15) is 5.82 Å². The molecule has 1 aromatic heterocycles. The Morgan fingerprint density at radius 3 is 2.85 bits per heavy atom. The molecular weight excluding hydrogens is 242 g/mol. The first-order chi connectivity index (χ1) is 6.09. The number of aryl methyl sites for hydroxylation is 1. The Morgan fingerprint density at radius 1 is 1.62 bits per heavy atom. The number of pyridine rings is 1. The topological polar surface area (TPSA) is 24.9 Å². The van der Waals surface area contributed by atoms with Gasteiger partial charge in [0.25, 0.3) is 6.43 Å². The Bertz CT molecular complexity index is 291. The van der Waals surface area contributed by atoms with E-state index in [0.29, 0.717) is 5.82 Å². The monoisotopic (exact) mass is 250 g/mol. The predicted molar refractivity (Wildman–Crippen MR) is 51.2 cm³/mol. The number of nitrogens with one attached hydrogen (secondary N) is 1. The van der Waals surface area contributed by atoms with Gasteiger partial charge in [-0.15, -0.1) is 0 Å². The zero-order chi connectivity index (χ0) is 9.84. The second kappa shape index (κ2) is 4.50. The fraction of sp³-hybridized carbons (Fsp3) is 0.375. The molecule has 5 heteroatoms. The molecule has 0 fully saturated rings. The average Bonchev–Trinajstić information content (AvgIpc) is 2.07. The highest BCUT2D eigenvalue weighted by Gasteiger charge is 2.03. The van der Waals surface area contributed by atoms with E-state index in [0.717, 1.165) is 10.0 Å². The summed E-state index contributed by atoms with van der Waals surface area (Å²) in [6, 6.07) is 1.71. The number of hydrogen-bond acceptors (Lipinski definition) is 2. The molecular formula is C8H9BrF2N2. The predicted octanol–water partition coefficient (Wildman–Crippen LogP) is 2.83. The first kappa shape index (κ1) is 10.4. The molecule has 72 valence electrons. The van der Waals surface area contributed by atoms with Crippen LogP contribution in [0.4, 0.5) is 14.6 Å². The van der Waals surface area contributed by atoms with Gasteiger partial charge < -0.3 is 5.32 Å². The number of halogens is 3. The maximum atomic E-state index is 11.8. The van der Waals surface area contributed by atoms with Gasteiger partial charge in [-0.05, 0) is 34.5 Å². The van der Waals surface area contributed by atoms with E-state index in [-0.39, 0.29) is 6.54 Å². The highest BCUT2D eigenvalue weighted by Crippen LogP contribution is 2.17. The third kappa shape index (κ3) is 3.26. The van der Waals surface area contributed by atoms with Gasteiger partial charge in [0.2, 0.25) is 0 Å². The van der Waals surface area contributed by atoms with Crippen LogP contribution in [-0.4, -0.2) is 18.0 Å². The number of aromatic nitrogens is 1. The first-order valence-corrected chi connectivity index (χ1v) is 4.53. The van der Waals surface area contributed by atoms with Crippen molar-refractivity contribution in [1.82, 2.24) is 4.98 Å². The minimum absolute atomic E-state index is 0.367. The third-order valence-corrected chi connectivity index (χ3v) is 2.31. The van der Waals surface area contributed by atoms with Crippen LogP contribution in [0.5, 0.6) is 0 Å². The van der Waals surface area contributed by atoms with Crippen LogP contribution in [-0.2, 0) is 0 Å². The summed E-state index contributed by atoms with van der Waals surface area (Å²) in [5.74, 6) is 0.473. The van der Waals surface area contributed by atoms with Crippen molar-refractivity contribution in [3.63, 3.8) is 0 Å². The molecule has 0 aliphatic carbocycles. The summed E-state index contributed by atoms with van der Waals surface area (Å²) in [7, 11) is 0. The van der Waals surface area contributed by atoms with Gasteiger partial charge in [-0.25, -0.2) is 13.8 Å². The van der Waals surface area contributed by atoms with Crippen LogP contribution in [0.15, 0.2) is 16.7 Å². The van der Waals surface area contributed by atoms with Crippen LogP contribution in [0.2, 0.25) is 0 Å². The summed E-state index contributed by atoms with van der Waals surface area (Å²) in [5, 5.41) is 2.53. The van der Waals surface area contributed by atoms with Crippen LogP contribution in [0.3, 0.4) is 0 Å². The number of alkyl halides is 2. The molecule has 0 aromatic carbocycles. The molecule has 1 rings (SSSR count). The van der Waals surface area contributed by atoms with Gasteiger partial charge in [-0.2, -0.15) is 0 Å². The van der Waals surface area contributed by atoms with Crippen molar-refractivity contribution in [3.8, 4) is 0 Å². The summed E-state index contributed by atoms with van der Waals surface area (Å²) in [6.45, 7) is 1.51. The molecule has 1 aromatic rings. The fourth-order valence-corrected chi connectivity index (χ4v) is 1.03. The molecule has 0 aliphatic rings. The van der Waals surface area contributed by atoms with E-state index in [1.807, 2.05) is 6.92 Å². The lowest BCUT2D eigenvalue weighted by atomic mass is 10.3. The summed E-state index contributed by atoms with van der Waals surface area (Å²) in [4.78, 5) is 3.92. The first-order valence-electron chi connectivity index (χ1n) is 3.74. The Morgan fingerprint density at radius 2 is 2.31 bits per heavy atom. The molecule has 0 amide bonds. The molecule has 13 heavy (non-hydrogen) atoms. The molecule has 1 N–H and O–H groups in total. The molecule has 0 spiro atoms. The molecule has 0 saturated carbocycles. The van der Waals surface area contributed by atoms with Gasteiger partial charge in [-0.1, -0.05) is 0 Å². The normalized spacial score (nSPS) is 10.5. The van der Waals surface area contributed by atoms with Crippen LogP contribution >= 0.6 is 15.9 Å².